The highest BCUT2D eigenvalue weighted by atomic mass is 16.2. The summed E-state index contributed by atoms with van der Waals surface area (Å²) in [5.74, 6) is 0.0586. The van der Waals surface area contributed by atoms with E-state index in [0.717, 1.165) is 25.1 Å². The van der Waals surface area contributed by atoms with Gasteiger partial charge >= 0.3 is 0 Å². The molecule has 0 spiro atoms. The number of anilines is 1. The highest BCUT2D eigenvalue weighted by molar-refractivity contribution is 5.94. The highest BCUT2D eigenvalue weighted by Crippen LogP contribution is 2.21. The molecule has 0 unspecified atom stereocenters. The van der Waals surface area contributed by atoms with Gasteiger partial charge in [0.2, 0.25) is 0 Å². The van der Waals surface area contributed by atoms with Crippen LogP contribution in [0, 0.1) is 0 Å². The number of nitrogens with one attached hydrogen (secondary N) is 1. The third-order valence-electron chi connectivity index (χ3n) is 4.15. The zero-order valence-corrected chi connectivity index (χ0v) is 13.3. The number of amides is 1. The normalized spacial score (nSPS) is 15.7. The van der Waals surface area contributed by atoms with Crippen molar-refractivity contribution in [1.29, 1.82) is 0 Å². The molecule has 0 radical (unpaired) electrons. The topological polar surface area (TPSA) is 45.2 Å². The molecule has 0 bridgehead atoms. The number of pyridine rings is 1. The predicted octanol–water partition coefficient (Wildman–Crippen LogP) is 3.70. The number of rotatable bonds is 6. The van der Waals surface area contributed by atoms with Gasteiger partial charge in [-0.1, -0.05) is 32.6 Å². The molecule has 0 aromatic carbocycles. The van der Waals surface area contributed by atoms with E-state index in [1.54, 1.807) is 11.1 Å². The minimum atomic E-state index is 0.0586. The van der Waals surface area contributed by atoms with Crippen molar-refractivity contribution >= 4 is 11.6 Å². The van der Waals surface area contributed by atoms with E-state index < -0.39 is 0 Å². The zero-order chi connectivity index (χ0) is 15.1. The van der Waals surface area contributed by atoms with Crippen LogP contribution in [0.2, 0.25) is 0 Å². The molecule has 1 aromatic rings. The van der Waals surface area contributed by atoms with Crippen LogP contribution in [0.3, 0.4) is 0 Å². The van der Waals surface area contributed by atoms with Crippen molar-refractivity contribution in [2.24, 2.45) is 0 Å². The molecule has 0 atom stereocenters. The van der Waals surface area contributed by atoms with Gasteiger partial charge in [0.1, 0.15) is 0 Å². The van der Waals surface area contributed by atoms with E-state index in [4.69, 9.17) is 0 Å². The molecule has 1 heterocycles. The van der Waals surface area contributed by atoms with E-state index in [-0.39, 0.29) is 5.91 Å². The standard InChI is InChI=1S/C17H27N3O/c1-3-4-10-20(2)17(21)14-11-16(13-18-12-14)19-15-8-6-5-7-9-15/h11-13,15,19H,3-10H2,1-2H3. The molecular formula is C17H27N3O. The summed E-state index contributed by atoms with van der Waals surface area (Å²) < 4.78 is 0. The van der Waals surface area contributed by atoms with E-state index in [9.17, 15) is 4.79 Å². The summed E-state index contributed by atoms with van der Waals surface area (Å²) in [7, 11) is 1.86. The van der Waals surface area contributed by atoms with Gasteiger partial charge in [0.15, 0.2) is 0 Å². The Bertz CT molecular complexity index is 455. The van der Waals surface area contributed by atoms with E-state index in [2.05, 4.69) is 17.2 Å². The monoisotopic (exact) mass is 289 g/mol. The fraction of sp³-hybridized carbons (Fsp3) is 0.647. The van der Waals surface area contributed by atoms with E-state index >= 15 is 0 Å². The summed E-state index contributed by atoms with van der Waals surface area (Å²) in [5.41, 5.74) is 1.64. The minimum absolute atomic E-state index is 0.0586. The Labute approximate surface area is 127 Å². The first-order chi connectivity index (χ1) is 10.2. The zero-order valence-electron chi connectivity index (χ0n) is 13.3. The predicted molar refractivity (Wildman–Crippen MR) is 86.6 cm³/mol. The molecule has 116 valence electrons. The van der Waals surface area contributed by atoms with Gasteiger partial charge in [-0.05, 0) is 25.3 Å². The Kier molecular flexibility index (Phi) is 6.03. The van der Waals surface area contributed by atoms with Crippen LogP contribution in [0.5, 0.6) is 0 Å². The van der Waals surface area contributed by atoms with Crippen molar-refractivity contribution in [2.75, 3.05) is 18.9 Å². The molecule has 21 heavy (non-hydrogen) atoms. The van der Waals surface area contributed by atoms with Crippen LogP contribution in [0.1, 0.15) is 62.2 Å². The van der Waals surface area contributed by atoms with Crippen LogP contribution >= 0.6 is 0 Å². The minimum Gasteiger partial charge on any atom is -0.381 e. The van der Waals surface area contributed by atoms with Crippen LogP contribution < -0.4 is 5.32 Å². The second-order valence-electron chi connectivity index (χ2n) is 6.02. The third kappa shape index (κ3) is 4.73. The lowest BCUT2D eigenvalue weighted by molar-refractivity contribution is 0.0793. The summed E-state index contributed by atoms with van der Waals surface area (Å²) in [6, 6.07) is 2.47. The summed E-state index contributed by atoms with van der Waals surface area (Å²) in [6.07, 6.45) is 12.0. The molecule has 1 saturated carbocycles. The smallest absolute Gasteiger partial charge is 0.255 e. The quantitative estimate of drug-likeness (QED) is 0.868. The summed E-state index contributed by atoms with van der Waals surface area (Å²) in [6.45, 7) is 2.93. The first kappa shape index (κ1) is 15.8. The van der Waals surface area contributed by atoms with Gasteiger partial charge < -0.3 is 10.2 Å². The van der Waals surface area contributed by atoms with Crippen molar-refractivity contribution in [3.63, 3.8) is 0 Å². The van der Waals surface area contributed by atoms with Crippen molar-refractivity contribution < 1.29 is 4.79 Å². The number of hydrogen-bond donors (Lipinski definition) is 1. The number of hydrogen-bond acceptors (Lipinski definition) is 3. The number of carbonyl (C=O) groups excluding carboxylic acids is 1. The van der Waals surface area contributed by atoms with Crippen LogP contribution in [0.15, 0.2) is 18.5 Å². The summed E-state index contributed by atoms with van der Waals surface area (Å²) in [4.78, 5) is 18.4. The van der Waals surface area contributed by atoms with E-state index in [1.165, 1.54) is 32.1 Å². The van der Waals surface area contributed by atoms with Crippen LogP contribution in [-0.2, 0) is 0 Å². The maximum absolute atomic E-state index is 12.4. The summed E-state index contributed by atoms with van der Waals surface area (Å²) >= 11 is 0. The molecule has 1 fully saturated rings. The lowest BCUT2D eigenvalue weighted by Gasteiger charge is -2.24. The number of nitrogens with zero attached hydrogens (tertiary/aromatic N) is 2. The Morgan fingerprint density at radius 3 is 2.81 bits per heavy atom. The second kappa shape index (κ2) is 8.01. The third-order valence-corrected chi connectivity index (χ3v) is 4.15. The van der Waals surface area contributed by atoms with Crippen LogP contribution in [-0.4, -0.2) is 35.4 Å². The van der Waals surface area contributed by atoms with Gasteiger partial charge in [-0.3, -0.25) is 9.78 Å². The molecule has 1 aromatic heterocycles. The van der Waals surface area contributed by atoms with Gasteiger partial charge in [-0.15, -0.1) is 0 Å². The Morgan fingerprint density at radius 2 is 2.10 bits per heavy atom. The number of carbonyl (C=O) groups is 1. The van der Waals surface area contributed by atoms with Gasteiger partial charge in [0, 0.05) is 32.0 Å². The fourth-order valence-electron chi connectivity index (χ4n) is 2.84. The average molecular weight is 289 g/mol. The first-order valence-corrected chi connectivity index (χ1v) is 8.17. The van der Waals surface area contributed by atoms with Gasteiger partial charge in [0.25, 0.3) is 5.91 Å². The first-order valence-electron chi connectivity index (χ1n) is 8.17. The lowest BCUT2D eigenvalue weighted by atomic mass is 9.95. The highest BCUT2D eigenvalue weighted by Gasteiger charge is 2.15. The molecule has 1 amide bonds. The Hall–Kier alpha value is -1.58. The lowest BCUT2D eigenvalue weighted by Crippen LogP contribution is -2.28. The molecule has 1 N–H and O–H groups in total. The Morgan fingerprint density at radius 1 is 1.33 bits per heavy atom. The van der Waals surface area contributed by atoms with Gasteiger partial charge in [-0.25, -0.2) is 0 Å². The molecule has 2 rings (SSSR count). The van der Waals surface area contributed by atoms with Crippen molar-refractivity contribution in [3.8, 4) is 0 Å². The second-order valence-corrected chi connectivity index (χ2v) is 6.02. The van der Waals surface area contributed by atoms with E-state index in [1.807, 2.05) is 19.3 Å². The molecule has 1 aliphatic rings. The SMILES string of the molecule is CCCCN(C)C(=O)c1cncc(NC2CCCCC2)c1. The fourth-order valence-corrected chi connectivity index (χ4v) is 2.84. The maximum atomic E-state index is 12.4. The van der Waals surface area contributed by atoms with Crippen LogP contribution in [0.25, 0.3) is 0 Å². The Balaban J connectivity index is 1.97. The van der Waals surface area contributed by atoms with Gasteiger partial charge in [-0.2, -0.15) is 0 Å². The van der Waals surface area contributed by atoms with Crippen molar-refractivity contribution in [2.45, 2.75) is 57.9 Å². The molecule has 4 nitrogen and oxygen atoms in total. The van der Waals surface area contributed by atoms with E-state index in [0.29, 0.717) is 11.6 Å². The number of unbranched alkanes of at least 4 members (excludes halogenated alkanes) is 1. The van der Waals surface area contributed by atoms with Crippen LogP contribution in [0.4, 0.5) is 5.69 Å². The van der Waals surface area contributed by atoms with Gasteiger partial charge in [0.05, 0.1) is 11.3 Å². The average Bonchev–Trinajstić information content (AvgIpc) is 2.53. The van der Waals surface area contributed by atoms with Crippen molar-refractivity contribution in [1.82, 2.24) is 9.88 Å². The number of aromatic nitrogens is 1. The largest absolute Gasteiger partial charge is 0.381 e. The summed E-state index contributed by atoms with van der Waals surface area (Å²) in [5, 5.41) is 3.52. The molecule has 1 aliphatic carbocycles. The molecule has 0 aliphatic heterocycles. The maximum Gasteiger partial charge on any atom is 0.255 e. The molecular weight excluding hydrogens is 262 g/mol. The molecule has 0 saturated heterocycles. The molecule has 4 heteroatoms. The van der Waals surface area contributed by atoms with Crippen molar-refractivity contribution in [3.05, 3.63) is 24.0 Å².